The van der Waals surface area contributed by atoms with Crippen LogP contribution in [0.25, 0.3) is 0 Å². The summed E-state index contributed by atoms with van der Waals surface area (Å²) in [5, 5.41) is 3.67. The molecule has 108 valence electrons. The van der Waals surface area contributed by atoms with Gasteiger partial charge in [0.05, 0.1) is 0 Å². The average molecular weight is 280 g/mol. The van der Waals surface area contributed by atoms with Crippen molar-refractivity contribution in [3.8, 4) is 0 Å². The minimum absolute atomic E-state index is 0.345. The first-order valence-electron chi connectivity index (χ1n) is 7.39. The van der Waals surface area contributed by atoms with Crippen LogP contribution < -0.4 is 5.32 Å². The molecule has 0 spiro atoms. The van der Waals surface area contributed by atoms with Crippen LogP contribution in [0.4, 0.5) is 0 Å². The monoisotopic (exact) mass is 280 g/mol. The zero-order valence-corrected chi connectivity index (χ0v) is 13.8. The number of nitrogens with one attached hydrogen (secondary N) is 1. The van der Waals surface area contributed by atoms with Crippen LogP contribution >= 0.6 is 11.3 Å². The lowest BCUT2D eigenvalue weighted by Crippen LogP contribution is -2.58. The third-order valence-electron chi connectivity index (χ3n) is 4.17. The Bertz CT molecular complexity index is 405. The highest BCUT2D eigenvalue weighted by molar-refractivity contribution is 7.11. The lowest BCUT2D eigenvalue weighted by molar-refractivity contribution is 0.104. The van der Waals surface area contributed by atoms with E-state index in [1.165, 1.54) is 29.3 Å². The van der Waals surface area contributed by atoms with Crippen molar-refractivity contribution in [2.24, 2.45) is 5.41 Å². The van der Waals surface area contributed by atoms with E-state index in [1.54, 1.807) is 0 Å². The van der Waals surface area contributed by atoms with Crippen molar-refractivity contribution >= 4 is 11.3 Å². The van der Waals surface area contributed by atoms with Crippen molar-refractivity contribution < 1.29 is 0 Å². The molecular formula is C16H28N2S. The Balaban J connectivity index is 1.93. The molecule has 1 saturated heterocycles. The summed E-state index contributed by atoms with van der Waals surface area (Å²) in [5.41, 5.74) is 0.345. The highest BCUT2D eigenvalue weighted by Gasteiger charge is 2.30. The normalized spacial score (nSPS) is 23.5. The van der Waals surface area contributed by atoms with Gasteiger partial charge in [-0.1, -0.05) is 20.8 Å². The molecule has 0 aliphatic carbocycles. The largest absolute Gasteiger partial charge is 0.311 e. The number of thiophene rings is 1. The Morgan fingerprint density at radius 2 is 2.16 bits per heavy atom. The zero-order valence-electron chi connectivity index (χ0n) is 13.0. The molecule has 2 heterocycles. The SMILES string of the molecule is Cc1ccc(CC(C)N2CCNC(C(C)(C)C)C2)s1. The number of nitrogens with zero attached hydrogens (tertiary/aromatic N) is 1. The standard InChI is InChI=1S/C16H28N2S/c1-12(10-14-7-6-13(2)19-14)18-9-8-17-15(11-18)16(3,4)5/h6-7,12,15,17H,8-11H2,1-5H3. The van der Waals surface area contributed by atoms with Crippen LogP contribution in [0.3, 0.4) is 0 Å². The van der Waals surface area contributed by atoms with Gasteiger partial charge in [0.2, 0.25) is 0 Å². The maximum atomic E-state index is 3.67. The van der Waals surface area contributed by atoms with E-state index in [0.29, 0.717) is 17.5 Å². The van der Waals surface area contributed by atoms with Gasteiger partial charge < -0.3 is 5.32 Å². The molecule has 0 radical (unpaired) electrons. The van der Waals surface area contributed by atoms with Gasteiger partial charge in [-0.25, -0.2) is 0 Å². The molecule has 3 heteroatoms. The summed E-state index contributed by atoms with van der Waals surface area (Å²) in [6.45, 7) is 15.0. The van der Waals surface area contributed by atoms with Gasteiger partial charge in [0, 0.05) is 41.5 Å². The van der Waals surface area contributed by atoms with E-state index in [1.807, 2.05) is 11.3 Å². The second-order valence-electron chi connectivity index (χ2n) is 6.93. The summed E-state index contributed by atoms with van der Waals surface area (Å²) in [7, 11) is 0. The molecule has 0 bridgehead atoms. The fraction of sp³-hybridized carbons (Fsp3) is 0.750. The van der Waals surface area contributed by atoms with Gasteiger partial charge in [-0.15, -0.1) is 11.3 Å². The van der Waals surface area contributed by atoms with Crippen LogP contribution in [-0.4, -0.2) is 36.6 Å². The first kappa shape index (κ1) is 15.0. The molecule has 1 aromatic heterocycles. The number of piperazine rings is 1. The second-order valence-corrected chi connectivity index (χ2v) is 8.31. The van der Waals surface area contributed by atoms with E-state index in [2.05, 4.69) is 57.0 Å². The van der Waals surface area contributed by atoms with Crippen molar-refractivity contribution in [2.75, 3.05) is 19.6 Å². The molecule has 19 heavy (non-hydrogen) atoms. The summed E-state index contributed by atoms with van der Waals surface area (Å²) < 4.78 is 0. The fourth-order valence-corrected chi connectivity index (χ4v) is 3.78. The summed E-state index contributed by atoms with van der Waals surface area (Å²) in [5.74, 6) is 0. The highest BCUT2D eigenvalue weighted by atomic mass is 32.1. The number of hydrogen-bond donors (Lipinski definition) is 1. The molecule has 0 aromatic carbocycles. The Morgan fingerprint density at radius 3 is 2.74 bits per heavy atom. The van der Waals surface area contributed by atoms with Crippen LogP contribution in [-0.2, 0) is 6.42 Å². The number of hydrogen-bond acceptors (Lipinski definition) is 3. The second kappa shape index (κ2) is 5.94. The molecule has 1 aromatic rings. The summed E-state index contributed by atoms with van der Waals surface area (Å²) in [6, 6.07) is 5.78. The maximum Gasteiger partial charge on any atom is 0.0244 e. The average Bonchev–Trinajstić information content (AvgIpc) is 2.74. The predicted octanol–water partition coefficient (Wildman–Crippen LogP) is 3.31. The maximum absolute atomic E-state index is 3.67. The van der Waals surface area contributed by atoms with E-state index in [9.17, 15) is 0 Å². The summed E-state index contributed by atoms with van der Waals surface area (Å²) >= 11 is 1.94. The first-order chi connectivity index (χ1) is 8.86. The lowest BCUT2D eigenvalue weighted by atomic mass is 9.85. The first-order valence-corrected chi connectivity index (χ1v) is 8.20. The Labute approximate surface area is 122 Å². The van der Waals surface area contributed by atoms with E-state index < -0.39 is 0 Å². The third-order valence-corrected chi connectivity index (χ3v) is 5.19. The van der Waals surface area contributed by atoms with E-state index >= 15 is 0 Å². The summed E-state index contributed by atoms with van der Waals surface area (Å²) in [6.07, 6.45) is 1.19. The Morgan fingerprint density at radius 1 is 1.42 bits per heavy atom. The quantitative estimate of drug-likeness (QED) is 0.914. The van der Waals surface area contributed by atoms with E-state index in [-0.39, 0.29) is 0 Å². The Kier molecular flexibility index (Phi) is 4.70. The fourth-order valence-electron chi connectivity index (χ4n) is 2.77. The van der Waals surface area contributed by atoms with E-state index in [0.717, 1.165) is 6.54 Å². The smallest absolute Gasteiger partial charge is 0.0244 e. The Hall–Kier alpha value is -0.380. The molecule has 1 aliphatic heterocycles. The molecule has 0 saturated carbocycles. The van der Waals surface area contributed by atoms with Gasteiger partial charge >= 0.3 is 0 Å². The minimum Gasteiger partial charge on any atom is -0.311 e. The van der Waals surface area contributed by atoms with Crippen molar-refractivity contribution in [1.29, 1.82) is 0 Å². The summed E-state index contributed by atoms with van der Waals surface area (Å²) in [4.78, 5) is 5.60. The van der Waals surface area contributed by atoms with Crippen LogP contribution in [0.2, 0.25) is 0 Å². The molecule has 2 unspecified atom stereocenters. The molecule has 1 aliphatic rings. The molecule has 2 atom stereocenters. The number of rotatable bonds is 3. The van der Waals surface area contributed by atoms with Crippen LogP contribution in [0, 0.1) is 12.3 Å². The van der Waals surface area contributed by atoms with Gasteiger partial charge in [-0.3, -0.25) is 4.90 Å². The molecule has 1 N–H and O–H groups in total. The highest BCUT2D eigenvalue weighted by Crippen LogP contribution is 2.24. The molecular weight excluding hydrogens is 252 g/mol. The molecule has 0 amide bonds. The lowest BCUT2D eigenvalue weighted by Gasteiger charge is -2.42. The van der Waals surface area contributed by atoms with Gasteiger partial charge in [0.25, 0.3) is 0 Å². The molecule has 1 fully saturated rings. The topological polar surface area (TPSA) is 15.3 Å². The number of aryl methyl sites for hydroxylation is 1. The van der Waals surface area contributed by atoms with Crippen molar-refractivity contribution in [2.45, 2.75) is 53.1 Å². The van der Waals surface area contributed by atoms with Crippen LogP contribution in [0.1, 0.15) is 37.4 Å². The van der Waals surface area contributed by atoms with Gasteiger partial charge in [0.1, 0.15) is 0 Å². The van der Waals surface area contributed by atoms with Gasteiger partial charge in [-0.2, -0.15) is 0 Å². The van der Waals surface area contributed by atoms with Crippen molar-refractivity contribution in [1.82, 2.24) is 10.2 Å². The molecule has 2 rings (SSSR count). The van der Waals surface area contributed by atoms with Crippen molar-refractivity contribution in [3.63, 3.8) is 0 Å². The van der Waals surface area contributed by atoms with Gasteiger partial charge in [-0.05, 0) is 37.8 Å². The van der Waals surface area contributed by atoms with Crippen molar-refractivity contribution in [3.05, 3.63) is 21.9 Å². The van der Waals surface area contributed by atoms with Gasteiger partial charge in [0.15, 0.2) is 0 Å². The van der Waals surface area contributed by atoms with Crippen LogP contribution in [0.5, 0.6) is 0 Å². The minimum atomic E-state index is 0.345. The molecule has 2 nitrogen and oxygen atoms in total. The zero-order chi connectivity index (χ0) is 14.0. The third kappa shape index (κ3) is 4.04. The van der Waals surface area contributed by atoms with Crippen LogP contribution in [0.15, 0.2) is 12.1 Å². The van der Waals surface area contributed by atoms with E-state index in [4.69, 9.17) is 0 Å². The predicted molar refractivity (Wildman–Crippen MR) is 85.0 cm³/mol.